The first-order chi connectivity index (χ1) is 12.0. The molecule has 0 amide bonds. The van der Waals surface area contributed by atoms with Gasteiger partial charge in [-0.2, -0.15) is 0 Å². The zero-order valence-electron chi connectivity index (χ0n) is 12.5. The second-order valence-electron chi connectivity index (χ2n) is 4.83. The highest BCUT2D eigenvalue weighted by molar-refractivity contribution is 6.35. The largest absolute Gasteiger partial charge is 0.353 e. The van der Waals surface area contributed by atoms with Crippen LogP contribution in [0.15, 0.2) is 49.1 Å². The first-order valence-electron chi connectivity index (χ1n) is 6.92. The van der Waals surface area contributed by atoms with Gasteiger partial charge >= 0.3 is 5.69 Å². The predicted molar refractivity (Wildman–Crippen MR) is 96.0 cm³/mol. The van der Waals surface area contributed by atoms with Gasteiger partial charge in [-0.25, -0.2) is 9.97 Å². The fourth-order valence-electron chi connectivity index (χ4n) is 2.07. The van der Waals surface area contributed by atoms with E-state index < -0.39 is 4.92 Å². The number of halogens is 2. The van der Waals surface area contributed by atoms with E-state index >= 15 is 0 Å². The summed E-state index contributed by atoms with van der Waals surface area (Å²) in [5.41, 5.74) is 0.704. The Morgan fingerprint density at radius 1 is 1.00 bits per heavy atom. The molecule has 0 spiro atoms. The number of anilines is 4. The van der Waals surface area contributed by atoms with Crippen LogP contribution >= 0.6 is 23.2 Å². The molecule has 0 radical (unpaired) electrons. The molecule has 8 nitrogen and oxygen atoms in total. The van der Waals surface area contributed by atoms with Crippen LogP contribution in [-0.4, -0.2) is 19.9 Å². The molecule has 2 aromatic heterocycles. The number of hydrogen-bond donors (Lipinski definition) is 2. The van der Waals surface area contributed by atoms with E-state index in [-0.39, 0.29) is 17.3 Å². The van der Waals surface area contributed by atoms with Gasteiger partial charge in [0, 0.05) is 21.9 Å². The smallest absolute Gasteiger partial charge is 0.334 e. The fourth-order valence-corrected chi connectivity index (χ4v) is 2.60. The van der Waals surface area contributed by atoms with Crippen molar-refractivity contribution in [2.75, 3.05) is 10.6 Å². The Morgan fingerprint density at radius 2 is 1.64 bits per heavy atom. The zero-order chi connectivity index (χ0) is 17.8. The van der Waals surface area contributed by atoms with Crippen molar-refractivity contribution < 1.29 is 4.92 Å². The van der Waals surface area contributed by atoms with Gasteiger partial charge in [0.2, 0.25) is 11.6 Å². The number of hydrogen-bond acceptors (Lipinski definition) is 7. The van der Waals surface area contributed by atoms with E-state index in [1.165, 1.54) is 12.5 Å². The third-order valence-corrected chi connectivity index (χ3v) is 3.49. The van der Waals surface area contributed by atoms with Gasteiger partial charge in [0.25, 0.3) is 0 Å². The molecule has 3 rings (SSSR count). The minimum atomic E-state index is -0.576. The second-order valence-corrected chi connectivity index (χ2v) is 5.70. The van der Waals surface area contributed by atoms with E-state index in [2.05, 4.69) is 25.6 Å². The Hall–Kier alpha value is -2.97. The molecule has 0 aliphatic rings. The third kappa shape index (κ3) is 4.11. The number of nitrogens with one attached hydrogen (secondary N) is 2. The number of pyridine rings is 1. The van der Waals surface area contributed by atoms with Crippen molar-refractivity contribution in [3.05, 3.63) is 69.2 Å². The number of aromatic nitrogens is 3. The number of benzene rings is 1. The Morgan fingerprint density at radius 3 is 2.20 bits per heavy atom. The maximum absolute atomic E-state index is 11.5. The highest BCUT2D eigenvalue weighted by Gasteiger charge is 2.23. The summed E-state index contributed by atoms with van der Waals surface area (Å²) >= 11 is 11.9. The van der Waals surface area contributed by atoms with Crippen LogP contribution in [0.3, 0.4) is 0 Å². The molecular formula is C15H10Cl2N6O2. The molecule has 126 valence electrons. The van der Waals surface area contributed by atoms with Gasteiger partial charge in [-0.05, 0) is 30.3 Å². The molecule has 0 saturated heterocycles. The van der Waals surface area contributed by atoms with E-state index in [0.29, 0.717) is 21.4 Å². The highest BCUT2D eigenvalue weighted by Crippen LogP contribution is 2.34. The van der Waals surface area contributed by atoms with Crippen LogP contribution in [-0.2, 0) is 0 Å². The van der Waals surface area contributed by atoms with Crippen molar-refractivity contribution in [2.45, 2.75) is 0 Å². The van der Waals surface area contributed by atoms with Crippen LogP contribution < -0.4 is 10.6 Å². The van der Waals surface area contributed by atoms with E-state index in [0.717, 1.165) is 0 Å². The maximum atomic E-state index is 11.5. The zero-order valence-corrected chi connectivity index (χ0v) is 14.0. The summed E-state index contributed by atoms with van der Waals surface area (Å²) in [4.78, 5) is 22.8. The number of nitrogens with zero attached hydrogens (tertiary/aromatic N) is 4. The Kier molecular flexibility index (Phi) is 4.92. The molecule has 3 aromatic rings. The fraction of sp³-hybridized carbons (Fsp3) is 0. The molecule has 1 aromatic carbocycles. The molecule has 0 aliphatic heterocycles. The molecular weight excluding hydrogens is 367 g/mol. The van der Waals surface area contributed by atoms with Gasteiger partial charge in [-0.3, -0.25) is 15.1 Å². The molecule has 0 unspecified atom stereocenters. The summed E-state index contributed by atoms with van der Waals surface area (Å²) in [5.74, 6) is 0.0355. The van der Waals surface area contributed by atoms with E-state index in [4.69, 9.17) is 23.2 Å². The van der Waals surface area contributed by atoms with Gasteiger partial charge in [-0.1, -0.05) is 23.2 Å². The molecule has 0 bridgehead atoms. The lowest BCUT2D eigenvalue weighted by molar-refractivity contribution is -0.383. The van der Waals surface area contributed by atoms with E-state index in [1.807, 2.05) is 0 Å². The predicted octanol–water partition coefficient (Wildman–Crippen LogP) is 4.57. The van der Waals surface area contributed by atoms with Crippen LogP contribution in [0.25, 0.3) is 0 Å². The SMILES string of the molecule is O=[N+]([O-])c1c(Nc2cccnc2)ncnc1Nc1cc(Cl)cc(Cl)c1. The topological polar surface area (TPSA) is 106 Å². The molecule has 2 N–H and O–H groups in total. The molecule has 0 aliphatic carbocycles. The average molecular weight is 377 g/mol. The van der Waals surface area contributed by atoms with Crippen molar-refractivity contribution in [3.8, 4) is 0 Å². The number of nitro groups is 1. The van der Waals surface area contributed by atoms with Gasteiger partial charge in [0.15, 0.2) is 0 Å². The van der Waals surface area contributed by atoms with Crippen LogP contribution in [0, 0.1) is 10.1 Å². The van der Waals surface area contributed by atoms with Crippen LogP contribution in [0.5, 0.6) is 0 Å². The minimum absolute atomic E-state index is 0.00437. The summed E-state index contributed by atoms with van der Waals surface area (Å²) < 4.78 is 0. The first kappa shape index (κ1) is 16.9. The first-order valence-corrected chi connectivity index (χ1v) is 7.68. The third-order valence-electron chi connectivity index (χ3n) is 3.05. The Bertz CT molecular complexity index is 903. The Labute approximate surface area is 152 Å². The van der Waals surface area contributed by atoms with E-state index in [1.54, 1.807) is 36.5 Å². The molecule has 10 heteroatoms. The van der Waals surface area contributed by atoms with Crippen molar-refractivity contribution in [3.63, 3.8) is 0 Å². The van der Waals surface area contributed by atoms with Gasteiger partial charge in [-0.15, -0.1) is 0 Å². The van der Waals surface area contributed by atoms with Crippen LogP contribution in [0.4, 0.5) is 28.7 Å². The van der Waals surface area contributed by atoms with Crippen LogP contribution in [0.2, 0.25) is 10.0 Å². The maximum Gasteiger partial charge on any atom is 0.353 e. The molecule has 25 heavy (non-hydrogen) atoms. The second kappa shape index (κ2) is 7.29. The van der Waals surface area contributed by atoms with Crippen molar-refractivity contribution in [1.82, 2.24) is 15.0 Å². The average Bonchev–Trinajstić information content (AvgIpc) is 2.54. The lowest BCUT2D eigenvalue weighted by atomic mass is 10.3. The standard InChI is InChI=1S/C15H10Cl2N6O2/c16-9-4-10(17)6-12(5-9)22-15-13(23(24)25)14(19-8-20-15)21-11-2-1-3-18-7-11/h1-8H,(H2,19,20,21,22). The van der Waals surface area contributed by atoms with Crippen molar-refractivity contribution >= 4 is 51.9 Å². The normalized spacial score (nSPS) is 10.3. The number of rotatable bonds is 5. The highest BCUT2D eigenvalue weighted by atomic mass is 35.5. The molecule has 0 fully saturated rings. The van der Waals surface area contributed by atoms with Gasteiger partial charge < -0.3 is 10.6 Å². The monoisotopic (exact) mass is 376 g/mol. The lowest BCUT2D eigenvalue weighted by Crippen LogP contribution is -2.05. The van der Waals surface area contributed by atoms with E-state index in [9.17, 15) is 10.1 Å². The molecule has 0 saturated carbocycles. The summed E-state index contributed by atoms with van der Waals surface area (Å²) in [6, 6.07) is 8.12. The molecule has 2 heterocycles. The van der Waals surface area contributed by atoms with Gasteiger partial charge in [0.05, 0.1) is 16.8 Å². The summed E-state index contributed by atoms with van der Waals surface area (Å²) in [7, 11) is 0. The minimum Gasteiger partial charge on any atom is -0.334 e. The summed E-state index contributed by atoms with van der Waals surface area (Å²) in [6.45, 7) is 0. The van der Waals surface area contributed by atoms with Crippen LogP contribution in [0.1, 0.15) is 0 Å². The van der Waals surface area contributed by atoms with Crippen molar-refractivity contribution in [2.24, 2.45) is 0 Å². The van der Waals surface area contributed by atoms with Crippen molar-refractivity contribution in [1.29, 1.82) is 0 Å². The summed E-state index contributed by atoms with van der Waals surface area (Å²) in [6.07, 6.45) is 4.32. The summed E-state index contributed by atoms with van der Waals surface area (Å²) in [5, 5.41) is 18.0. The lowest BCUT2D eigenvalue weighted by Gasteiger charge is -2.10. The Balaban J connectivity index is 1.99. The van der Waals surface area contributed by atoms with Gasteiger partial charge in [0.1, 0.15) is 6.33 Å². The quantitative estimate of drug-likeness (QED) is 0.495. The molecule has 0 atom stereocenters.